The molecule has 0 bridgehead atoms. The molecule has 0 saturated heterocycles. The van der Waals surface area contributed by atoms with Crippen LogP contribution in [-0.4, -0.2) is 34.0 Å². The maximum absolute atomic E-state index is 13.8. The third kappa shape index (κ3) is 4.33. The second-order valence-corrected chi connectivity index (χ2v) is 10.3. The van der Waals surface area contributed by atoms with Crippen LogP contribution in [0.25, 0.3) is 0 Å². The van der Waals surface area contributed by atoms with Gasteiger partial charge in [0.05, 0.1) is 17.7 Å². The quantitative estimate of drug-likeness (QED) is 0.539. The van der Waals surface area contributed by atoms with E-state index in [0.29, 0.717) is 11.4 Å². The minimum Gasteiger partial charge on any atom is -0.497 e. The lowest BCUT2D eigenvalue weighted by molar-refractivity contribution is -0.117. The molecule has 1 aliphatic rings. The van der Waals surface area contributed by atoms with E-state index in [2.05, 4.69) is 0 Å². The number of ether oxygens (including phenoxy) is 1. The molecule has 0 aliphatic carbocycles. The van der Waals surface area contributed by atoms with Crippen LogP contribution < -0.4 is 13.9 Å². The number of carbonyl (C=O) groups excluding carboxylic acids is 1. The van der Waals surface area contributed by atoms with Crippen molar-refractivity contribution in [3.63, 3.8) is 0 Å². The molecule has 0 unspecified atom stereocenters. The number of benzene rings is 3. The first kappa shape index (κ1) is 22.9. The van der Waals surface area contributed by atoms with Crippen molar-refractivity contribution < 1.29 is 17.9 Å². The van der Waals surface area contributed by atoms with Gasteiger partial charge in [-0.1, -0.05) is 24.3 Å². The van der Waals surface area contributed by atoms with E-state index >= 15 is 0 Å². The highest BCUT2D eigenvalue weighted by Gasteiger charge is 2.34. The SMILES string of the molecule is COc1ccc(N(CC(=O)N2c3ccccc3C[C@H]2C)S(=O)(=O)c2ccc(C)c(C)c2)cc1. The van der Waals surface area contributed by atoms with E-state index in [1.54, 1.807) is 54.5 Å². The highest BCUT2D eigenvalue weighted by molar-refractivity contribution is 7.92. The molecule has 0 spiro atoms. The van der Waals surface area contributed by atoms with Gasteiger partial charge < -0.3 is 9.64 Å². The molecule has 1 atom stereocenters. The second kappa shape index (κ2) is 8.90. The molecule has 7 heteroatoms. The Bertz CT molecular complexity index is 1290. The van der Waals surface area contributed by atoms with Gasteiger partial charge in [-0.25, -0.2) is 8.42 Å². The number of sulfonamides is 1. The Hall–Kier alpha value is -3.32. The van der Waals surface area contributed by atoms with Crippen LogP contribution in [0.15, 0.2) is 71.6 Å². The largest absolute Gasteiger partial charge is 0.497 e. The Kier molecular flexibility index (Phi) is 6.17. The topological polar surface area (TPSA) is 66.9 Å². The first-order valence-corrected chi connectivity index (χ1v) is 12.3. The molecule has 0 aromatic heterocycles. The van der Waals surface area contributed by atoms with Crippen molar-refractivity contribution in [1.29, 1.82) is 0 Å². The summed E-state index contributed by atoms with van der Waals surface area (Å²) < 4.78 is 33.9. The summed E-state index contributed by atoms with van der Waals surface area (Å²) in [7, 11) is -2.44. The van der Waals surface area contributed by atoms with Crippen LogP contribution in [0.1, 0.15) is 23.6 Å². The van der Waals surface area contributed by atoms with Crippen LogP contribution in [0, 0.1) is 13.8 Å². The number of hydrogen-bond acceptors (Lipinski definition) is 4. The van der Waals surface area contributed by atoms with E-state index in [1.807, 2.05) is 45.0 Å². The Balaban J connectivity index is 1.74. The van der Waals surface area contributed by atoms with Crippen molar-refractivity contribution in [1.82, 2.24) is 0 Å². The zero-order chi connectivity index (χ0) is 23.8. The predicted molar refractivity (Wildman–Crippen MR) is 131 cm³/mol. The molecule has 6 nitrogen and oxygen atoms in total. The van der Waals surface area contributed by atoms with Gasteiger partial charge in [0.1, 0.15) is 12.3 Å². The molecule has 3 aromatic carbocycles. The Morgan fingerprint density at radius 3 is 2.39 bits per heavy atom. The molecule has 1 aliphatic heterocycles. The first-order valence-electron chi connectivity index (χ1n) is 10.9. The van der Waals surface area contributed by atoms with E-state index in [0.717, 1.165) is 28.8 Å². The Morgan fingerprint density at radius 1 is 1.03 bits per heavy atom. The number of nitrogens with zero attached hydrogens (tertiary/aromatic N) is 2. The third-order valence-electron chi connectivity index (χ3n) is 6.18. The smallest absolute Gasteiger partial charge is 0.264 e. The van der Waals surface area contributed by atoms with Gasteiger partial charge >= 0.3 is 0 Å². The van der Waals surface area contributed by atoms with E-state index in [9.17, 15) is 13.2 Å². The Morgan fingerprint density at radius 2 is 1.73 bits per heavy atom. The van der Waals surface area contributed by atoms with Crippen molar-refractivity contribution in [2.45, 2.75) is 38.1 Å². The molecule has 3 aromatic rings. The van der Waals surface area contributed by atoms with Crippen LogP contribution in [0.2, 0.25) is 0 Å². The van der Waals surface area contributed by atoms with Crippen molar-refractivity contribution in [3.05, 3.63) is 83.4 Å². The number of aryl methyl sites for hydroxylation is 2. The number of carbonyl (C=O) groups is 1. The molecule has 0 N–H and O–H groups in total. The lowest BCUT2D eigenvalue weighted by Crippen LogP contribution is -2.45. The van der Waals surface area contributed by atoms with Gasteiger partial charge in [-0.15, -0.1) is 0 Å². The molecule has 1 heterocycles. The summed E-state index contributed by atoms with van der Waals surface area (Å²) in [6.07, 6.45) is 0.744. The fraction of sp³-hybridized carbons (Fsp3) is 0.269. The third-order valence-corrected chi connectivity index (χ3v) is 7.95. The molecule has 0 saturated carbocycles. The first-order chi connectivity index (χ1) is 15.7. The lowest BCUT2D eigenvalue weighted by Gasteiger charge is -2.29. The van der Waals surface area contributed by atoms with E-state index in [4.69, 9.17) is 4.74 Å². The molecular formula is C26H28N2O4S. The molecule has 0 fully saturated rings. The van der Waals surface area contributed by atoms with Gasteiger partial charge in [0, 0.05) is 11.7 Å². The lowest BCUT2D eigenvalue weighted by atomic mass is 10.1. The highest BCUT2D eigenvalue weighted by atomic mass is 32.2. The van der Waals surface area contributed by atoms with Gasteiger partial charge in [0.15, 0.2) is 0 Å². The van der Waals surface area contributed by atoms with Gasteiger partial charge in [0.2, 0.25) is 5.91 Å². The van der Waals surface area contributed by atoms with Gasteiger partial charge in [-0.05, 0) is 86.3 Å². The van der Waals surface area contributed by atoms with E-state index in [-0.39, 0.29) is 23.4 Å². The zero-order valence-electron chi connectivity index (χ0n) is 19.3. The van der Waals surface area contributed by atoms with Crippen molar-refractivity contribution in [2.75, 3.05) is 22.9 Å². The van der Waals surface area contributed by atoms with Crippen molar-refractivity contribution in [3.8, 4) is 5.75 Å². The summed E-state index contributed by atoms with van der Waals surface area (Å²) in [4.78, 5) is 15.4. The highest BCUT2D eigenvalue weighted by Crippen LogP contribution is 2.33. The van der Waals surface area contributed by atoms with Crippen molar-refractivity contribution in [2.24, 2.45) is 0 Å². The summed E-state index contributed by atoms with van der Waals surface area (Å²) in [5.41, 5.74) is 4.21. The minimum atomic E-state index is -3.99. The average Bonchev–Trinajstić information content (AvgIpc) is 3.14. The molecule has 0 radical (unpaired) electrons. The number of methoxy groups -OCH3 is 1. The number of para-hydroxylation sites is 1. The maximum Gasteiger partial charge on any atom is 0.264 e. The molecular weight excluding hydrogens is 436 g/mol. The summed E-state index contributed by atoms with van der Waals surface area (Å²) >= 11 is 0. The van der Waals surface area contributed by atoms with Gasteiger partial charge in [-0.3, -0.25) is 9.10 Å². The number of amides is 1. The Labute approximate surface area is 195 Å². The normalized spacial score (nSPS) is 15.3. The van der Waals surface area contributed by atoms with Crippen LogP contribution in [0.5, 0.6) is 5.75 Å². The molecule has 33 heavy (non-hydrogen) atoms. The molecule has 1 amide bonds. The van der Waals surface area contributed by atoms with Crippen LogP contribution in [-0.2, 0) is 21.2 Å². The molecule has 172 valence electrons. The van der Waals surface area contributed by atoms with Crippen molar-refractivity contribution >= 4 is 27.3 Å². The standard InChI is InChI=1S/C26H28N2O4S/c1-18-9-14-24(15-19(18)2)33(30,31)27(22-10-12-23(32-4)13-11-22)17-26(29)28-20(3)16-21-7-5-6-8-25(21)28/h5-15,20H,16-17H2,1-4H3/t20-/m1/s1. The van der Waals surface area contributed by atoms with Crippen LogP contribution in [0.4, 0.5) is 11.4 Å². The summed E-state index contributed by atoms with van der Waals surface area (Å²) in [5.74, 6) is 0.339. The van der Waals surface area contributed by atoms with Gasteiger partial charge in [0.25, 0.3) is 10.0 Å². The fourth-order valence-corrected chi connectivity index (χ4v) is 5.71. The number of anilines is 2. The summed E-state index contributed by atoms with van der Waals surface area (Å²) in [5, 5.41) is 0. The fourth-order valence-electron chi connectivity index (χ4n) is 4.21. The monoisotopic (exact) mass is 464 g/mol. The number of fused-ring (bicyclic) bond motifs is 1. The summed E-state index contributed by atoms with van der Waals surface area (Å²) in [6.45, 7) is 5.48. The predicted octanol–water partition coefficient (Wildman–Crippen LogP) is 4.49. The minimum absolute atomic E-state index is 0.0445. The average molecular weight is 465 g/mol. The second-order valence-electron chi connectivity index (χ2n) is 8.40. The summed E-state index contributed by atoms with van der Waals surface area (Å²) in [6, 6.07) is 19.4. The van der Waals surface area contributed by atoms with E-state index in [1.165, 1.54) is 4.31 Å². The van der Waals surface area contributed by atoms with Crippen LogP contribution >= 0.6 is 0 Å². The van der Waals surface area contributed by atoms with E-state index < -0.39 is 10.0 Å². The van der Waals surface area contributed by atoms with Crippen LogP contribution in [0.3, 0.4) is 0 Å². The number of rotatable bonds is 6. The number of hydrogen-bond donors (Lipinski definition) is 0. The zero-order valence-corrected chi connectivity index (χ0v) is 20.1. The molecule has 4 rings (SSSR count). The van der Waals surface area contributed by atoms with Gasteiger partial charge in [-0.2, -0.15) is 0 Å². The maximum atomic E-state index is 13.8.